The molecule has 72 valence electrons. The van der Waals surface area contributed by atoms with Gasteiger partial charge in [-0.1, -0.05) is 0 Å². The number of carbonyl (C=O) groups is 2. The zero-order chi connectivity index (χ0) is 9.98. The predicted octanol–water partition coefficient (Wildman–Crippen LogP) is -2.03. The van der Waals surface area contributed by atoms with Crippen LogP contribution in [0.2, 0.25) is 0 Å². The molecule has 0 aliphatic carbocycles. The Kier molecular flexibility index (Phi) is 11.1. The van der Waals surface area contributed by atoms with E-state index in [9.17, 15) is 9.59 Å². The quantitative estimate of drug-likeness (QED) is 0.431. The molecule has 0 radical (unpaired) electrons. The van der Waals surface area contributed by atoms with E-state index >= 15 is 0 Å². The Morgan fingerprint density at radius 3 is 2.00 bits per heavy atom. The van der Waals surface area contributed by atoms with E-state index in [-0.39, 0.29) is 6.54 Å². The molecule has 0 aromatic carbocycles. The van der Waals surface area contributed by atoms with Crippen molar-refractivity contribution in [1.29, 1.82) is 0 Å². The van der Waals surface area contributed by atoms with Crippen molar-refractivity contribution in [3.63, 3.8) is 0 Å². The Bertz CT molecular complexity index is 138. The molecule has 0 bridgehead atoms. The number of nitrogens with two attached hydrogens (primary N) is 2. The van der Waals surface area contributed by atoms with Gasteiger partial charge in [0.05, 0.1) is 13.2 Å². The number of carbonyl (C=O) groups excluding carboxylic acids is 2. The zero-order valence-corrected chi connectivity index (χ0v) is 6.95. The summed E-state index contributed by atoms with van der Waals surface area (Å²) in [5.41, 5.74) is 9.22. The van der Waals surface area contributed by atoms with Crippen molar-refractivity contribution in [2.24, 2.45) is 11.5 Å². The highest BCUT2D eigenvalue weighted by Crippen LogP contribution is 1.71. The van der Waals surface area contributed by atoms with E-state index in [0.717, 1.165) is 0 Å². The molecule has 1 amide bonds. The number of primary amides is 1. The molecule has 0 aliphatic rings. The zero-order valence-electron chi connectivity index (χ0n) is 6.95. The van der Waals surface area contributed by atoms with Gasteiger partial charge < -0.3 is 21.3 Å². The Balaban J connectivity index is 0. The molecule has 0 heterocycles. The third kappa shape index (κ3) is 15.9. The lowest BCUT2D eigenvalue weighted by atomic mass is 10.7. The number of hydrogen-bond acceptors (Lipinski definition) is 5. The van der Waals surface area contributed by atoms with E-state index in [0.29, 0.717) is 6.61 Å². The monoisotopic (exact) mass is 178 g/mol. The summed E-state index contributed by atoms with van der Waals surface area (Å²) < 4.78 is 4.30. The van der Waals surface area contributed by atoms with Gasteiger partial charge in [-0.2, -0.15) is 0 Å². The van der Waals surface area contributed by atoms with Crippen molar-refractivity contribution in [1.82, 2.24) is 0 Å². The largest absolute Gasteiger partial charge is 0.464 e. The Morgan fingerprint density at radius 1 is 1.50 bits per heavy atom. The molecule has 0 spiro atoms. The summed E-state index contributed by atoms with van der Waals surface area (Å²) >= 11 is 0. The van der Waals surface area contributed by atoms with Gasteiger partial charge in [0.15, 0.2) is 0 Å². The second-order valence-electron chi connectivity index (χ2n) is 1.63. The summed E-state index contributed by atoms with van der Waals surface area (Å²) in [6.45, 7) is 1.45. The summed E-state index contributed by atoms with van der Waals surface area (Å²) in [7, 11) is 0. The minimum atomic E-state index is -0.567. The van der Waals surface area contributed by atoms with Crippen molar-refractivity contribution < 1.29 is 19.4 Å². The van der Waals surface area contributed by atoms with Crippen LogP contribution < -0.4 is 11.5 Å². The summed E-state index contributed by atoms with van der Waals surface area (Å²) in [5.74, 6) is -1.03. The van der Waals surface area contributed by atoms with Crippen LogP contribution in [-0.4, -0.2) is 36.7 Å². The van der Waals surface area contributed by atoms with Gasteiger partial charge in [0, 0.05) is 0 Å². The summed E-state index contributed by atoms with van der Waals surface area (Å²) in [4.78, 5) is 19.4. The van der Waals surface area contributed by atoms with Crippen LogP contribution in [0.4, 0.5) is 0 Å². The molecule has 6 nitrogen and oxygen atoms in total. The first kappa shape index (κ1) is 13.4. The lowest BCUT2D eigenvalue weighted by Gasteiger charge is -1.93. The van der Waals surface area contributed by atoms with Crippen LogP contribution in [0, 0.1) is 0 Å². The minimum Gasteiger partial charge on any atom is -0.464 e. The molecule has 12 heavy (non-hydrogen) atoms. The van der Waals surface area contributed by atoms with Crippen LogP contribution in [-0.2, 0) is 14.3 Å². The third-order valence-corrected chi connectivity index (χ3v) is 0.636. The van der Waals surface area contributed by atoms with E-state index in [1.54, 1.807) is 6.92 Å². The number of ether oxygens (including phenoxy) is 1. The van der Waals surface area contributed by atoms with Gasteiger partial charge in [-0.05, 0) is 6.92 Å². The summed E-state index contributed by atoms with van der Waals surface area (Å²) in [6.07, 6.45) is 0. The van der Waals surface area contributed by atoms with Crippen LogP contribution in [0.25, 0.3) is 0 Å². The summed E-state index contributed by atoms with van der Waals surface area (Å²) in [6, 6.07) is 0. The Hall–Kier alpha value is -1.14. The Labute approximate surface area is 70.5 Å². The number of aliphatic hydroxyl groups is 1. The van der Waals surface area contributed by atoms with E-state index < -0.39 is 18.5 Å². The van der Waals surface area contributed by atoms with E-state index in [1.807, 2.05) is 0 Å². The van der Waals surface area contributed by atoms with Crippen LogP contribution in [0.1, 0.15) is 6.92 Å². The highest BCUT2D eigenvalue weighted by Gasteiger charge is 1.92. The van der Waals surface area contributed by atoms with Crippen molar-refractivity contribution in [2.75, 3.05) is 19.8 Å². The van der Waals surface area contributed by atoms with Gasteiger partial charge in [-0.15, -0.1) is 0 Å². The van der Waals surface area contributed by atoms with E-state index in [1.165, 1.54) is 0 Å². The first-order valence-corrected chi connectivity index (χ1v) is 3.33. The second-order valence-corrected chi connectivity index (χ2v) is 1.63. The molecule has 0 saturated heterocycles. The normalized spacial score (nSPS) is 7.92. The molecule has 0 rings (SSSR count). The van der Waals surface area contributed by atoms with Gasteiger partial charge in [-0.3, -0.25) is 4.79 Å². The summed E-state index contributed by atoms with van der Waals surface area (Å²) in [5, 5.41) is 7.99. The fraction of sp³-hybridized carbons (Fsp3) is 0.667. The van der Waals surface area contributed by atoms with E-state index in [2.05, 4.69) is 10.5 Å². The lowest BCUT2D eigenvalue weighted by Crippen LogP contribution is -2.21. The van der Waals surface area contributed by atoms with Crippen LogP contribution >= 0.6 is 0 Å². The van der Waals surface area contributed by atoms with Gasteiger partial charge in [0.25, 0.3) is 0 Å². The van der Waals surface area contributed by atoms with Crippen molar-refractivity contribution >= 4 is 11.9 Å². The number of amides is 1. The maximum Gasteiger partial charge on any atom is 0.331 e. The van der Waals surface area contributed by atoms with Crippen LogP contribution in [0.3, 0.4) is 0 Å². The third-order valence-electron chi connectivity index (χ3n) is 0.636. The fourth-order valence-electron chi connectivity index (χ4n) is 0.207. The second kappa shape index (κ2) is 9.86. The molecular formula is C6H14N2O4. The first-order chi connectivity index (χ1) is 5.58. The smallest absolute Gasteiger partial charge is 0.331 e. The highest BCUT2D eigenvalue weighted by atomic mass is 16.5. The predicted molar refractivity (Wildman–Crippen MR) is 42.0 cm³/mol. The molecule has 5 N–H and O–H groups in total. The average Bonchev–Trinajstić information content (AvgIpc) is 2.06. The molecule has 0 unspecified atom stereocenters. The molecule has 0 saturated carbocycles. The molecule has 0 fully saturated rings. The first-order valence-electron chi connectivity index (χ1n) is 3.33. The SMILES string of the molecule is CCOC(=O)CO.NCC(N)=O. The molecule has 0 aromatic rings. The van der Waals surface area contributed by atoms with Crippen LogP contribution in [0.15, 0.2) is 0 Å². The van der Waals surface area contributed by atoms with E-state index in [4.69, 9.17) is 10.8 Å². The van der Waals surface area contributed by atoms with Crippen LogP contribution in [0.5, 0.6) is 0 Å². The van der Waals surface area contributed by atoms with Gasteiger partial charge >= 0.3 is 5.97 Å². The lowest BCUT2D eigenvalue weighted by molar-refractivity contribution is -0.146. The fourth-order valence-corrected chi connectivity index (χ4v) is 0.207. The molecule has 0 aromatic heterocycles. The van der Waals surface area contributed by atoms with Crippen molar-refractivity contribution in [3.8, 4) is 0 Å². The maximum absolute atomic E-state index is 9.94. The molecular weight excluding hydrogens is 164 g/mol. The number of aliphatic hydroxyl groups excluding tert-OH is 1. The number of rotatable bonds is 3. The minimum absolute atomic E-state index is 0.0556. The van der Waals surface area contributed by atoms with Gasteiger partial charge in [0.2, 0.25) is 5.91 Å². The van der Waals surface area contributed by atoms with Crippen molar-refractivity contribution in [3.05, 3.63) is 0 Å². The Morgan fingerprint density at radius 2 is 1.92 bits per heavy atom. The number of hydrogen-bond donors (Lipinski definition) is 3. The number of esters is 1. The maximum atomic E-state index is 9.94. The molecule has 6 heteroatoms. The highest BCUT2D eigenvalue weighted by molar-refractivity contribution is 5.75. The topological polar surface area (TPSA) is 116 Å². The standard InChI is InChI=1S/C4H8O3.C2H6N2O/c1-2-7-4(6)3-5;3-1-2(4)5/h5H,2-3H2,1H3;1,3H2,(H2,4,5). The van der Waals surface area contributed by atoms with Gasteiger partial charge in [-0.25, -0.2) is 4.79 Å². The van der Waals surface area contributed by atoms with Crippen molar-refractivity contribution in [2.45, 2.75) is 6.92 Å². The van der Waals surface area contributed by atoms with Gasteiger partial charge in [0.1, 0.15) is 6.61 Å². The average molecular weight is 178 g/mol. The molecule has 0 aliphatic heterocycles. The molecule has 0 atom stereocenters.